The van der Waals surface area contributed by atoms with Gasteiger partial charge >= 0.3 is 5.97 Å². The molecule has 0 aliphatic heterocycles. The number of nitrogens with one attached hydrogen (secondary N) is 1. The Kier molecular flexibility index (Phi) is 5.12. The number of hydrogen-bond donors (Lipinski definition) is 1. The lowest BCUT2D eigenvalue weighted by Gasteiger charge is -2.17. The Morgan fingerprint density at radius 2 is 2.28 bits per heavy atom. The minimum absolute atomic E-state index is 0.189. The molecule has 0 aromatic heterocycles. The van der Waals surface area contributed by atoms with Crippen LogP contribution in [0.15, 0.2) is 18.2 Å². The van der Waals surface area contributed by atoms with E-state index in [0.717, 1.165) is 6.07 Å². The lowest BCUT2D eigenvalue weighted by Crippen LogP contribution is -2.31. The van der Waals surface area contributed by atoms with Gasteiger partial charge in [-0.1, -0.05) is 6.92 Å². The first-order valence-corrected chi connectivity index (χ1v) is 5.75. The SMILES string of the molecule is CCOC(=O)C(CC)Nc1ccc(C#N)cc1F. The van der Waals surface area contributed by atoms with Gasteiger partial charge in [0.25, 0.3) is 0 Å². The second kappa shape index (κ2) is 6.60. The zero-order chi connectivity index (χ0) is 13.5. The first-order valence-electron chi connectivity index (χ1n) is 5.75. The average molecular weight is 250 g/mol. The number of ether oxygens (including phenoxy) is 1. The van der Waals surface area contributed by atoms with Crippen LogP contribution in [0.4, 0.5) is 10.1 Å². The zero-order valence-corrected chi connectivity index (χ0v) is 10.4. The number of nitrogens with zero attached hydrogens (tertiary/aromatic N) is 1. The molecular weight excluding hydrogens is 235 g/mol. The molecule has 0 bridgehead atoms. The van der Waals surface area contributed by atoms with Crippen molar-refractivity contribution < 1.29 is 13.9 Å². The van der Waals surface area contributed by atoms with Gasteiger partial charge in [-0.15, -0.1) is 0 Å². The van der Waals surface area contributed by atoms with Crippen molar-refractivity contribution in [2.45, 2.75) is 26.3 Å². The highest BCUT2D eigenvalue weighted by atomic mass is 19.1. The molecule has 1 aromatic rings. The summed E-state index contributed by atoms with van der Waals surface area (Å²) in [7, 11) is 0. The maximum atomic E-state index is 13.6. The monoisotopic (exact) mass is 250 g/mol. The van der Waals surface area contributed by atoms with Crippen molar-refractivity contribution in [3.63, 3.8) is 0 Å². The summed E-state index contributed by atoms with van der Waals surface area (Å²) in [6.07, 6.45) is 0.484. The summed E-state index contributed by atoms with van der Waals surface area (Å²) in [6, 6.07) is 5.31. The van der Waals surface area contributed by atoms with E-state index in [1.807, 2.05) is 6.07 Å². The number of nitriles is 1. The molecule has 0 aliphatic carbocycles. The Balaban J connectivity index is 2.82. The molecule has 4 nitrogen and oxygen atoms in total. The summed E-state index contributed by atoms with van der Waals surface area (Å²) in [5.41, 5.74) is 0.427. The fourth-order valence-electron chi connectivity index (χ4n) is 1.46. The number of benzene rings is 1. The van der Waals surface area contributed by atoms with Crippen molar-refractivity contribution in [1.82, 2.24) is 0 Å². The first kappa shape index (κ1) is 14.0. The van der Waals surface area contributed by atoms with Crippen LogP contribution in [-0.2, 0) is 9.53 Å². The first-order chi connectivity index (χ1) is 8.62. The quantitative estimate of drug-likeness (QED) is 0.815. The summed E-state index contributed by atoms with van der Waals surface area (Å²) in [6.45, 7) is 3.80. The molecule has 0 heterocycles. The average Bonchev–Trinajstić information content (AvgIpc) is 2.37. The smallest absolute Gasteiger partial charge is 0.328 e. The third kappa shape index (κ3) is 3.45. The topological polar surface area (TPSA) is 62.1 Å². The van der Waals surface area contributed by atoms with Crippen molar-refractivity contribution >= 4 is 11.7 Å². The van der Waals surface area contributed by atoms with E-state index in [2.05, 4.69) is 5.32 Å². The van der Waals surface area contributed by atoms with Gasteiger partial charge in [0.15, 0.2) is 0 Å². The third-order valence-corrected chi connectivity index (χ3v) is 2.41. The van der Waals surface area contributed by atoms with Gasteiger partial charge in [-0.2, -0.15) is 5.26 Å². The number of hydrogen-bond acceptors (Lipinski definition) is 4. The molecule has 0 radical (unpaired) electrons. The van der Waals surface area contributed by atoms with Crippen LogP contribution in [0.2, 0.25) is 0 Å². The third-order valence-electron chi connectivity index (χ3n) is 2.41. The Morgan fingerprint density at radius 3 is 2.78 bits per heavy atom. The number of esters is 1. The molecule has 0 saturated carbocycles. The molecule has 0 aliphatic rings. The van der Waals surface area contributed by atoms with Gasteiger partial charge in [-0.05, 0) is 31.5 Å². The second-order valence-electron chi connectivity index (χ2n) is 3.66. The van der Waals surface area contributed by atoms with Crippen LogP contribution in [0.3, 0.4) is 0 Å². The lowest BCUT2D eigenvalue weighted by atomic mass is 10.1. The molecule has 0 amide bonds. The number of carbonyl (C=O) groups is 1. The number of carbonyl (C=O) groups excluding carboxylic acids is 1. The fraction of sp³-hybridized carbons (Fsp3) is 0.385. The predicted octanol–water partition coefficient (Wildman–Crippen LogP) is 2.45. The molecule has 18 heavy (non-hydrogen) atoms. The van der Waals surface area contributed by atoms with Crippen LogP contribution >= 0.6 is 0 Å². The van der Waals surface area contributed by atoms with Crippen molar-refractivity contribution in [2.75, 3.05) is 11.9 Å². The van der Waals surface area contributed by atoms with Crippen molar-refractivity contribution in [3.8, 4) is 6.07 Å². The minimum atomic E-state index is -0.590. The summed E-state index contributed by atoms with van der Waals surface area (Å²) in [5.74, 6) is -0.972. The summed E-state index contributed by atoms with van der Waals surface area (Å²) >= 11 is 0. The fourth-order valence-corrected chi connectivity index (χ4v) is 1.46. The van der Waals surface area contributed by atoms with E-state index in [1.165, 1.54) is 12.1 Å². The van der Waals surface area contributed by atoms with Crippen molar-refractivity contribution in [3.05, 3.63) is 29.6 Å². The van der Waals surface area contributed by atoms with Crippen LogP contribution in [0.5, 0.6) is 0 Å². The Labute approximate surface area is 105 Å². The Morgan fingerprint density at radius 1 is 1.56 bits per heavy atom. The molecular formula is C13H15FN2O2. The van der Waals surface area contributed by atoms with Gasteiger partial charge in [0, 0.05) is 0 Å². The number of rotatable bonds is 5. The molecule has 0 spiro atoms. The van der Waals surface area contributed by atoms with Crippen LogP contribution in [-0.4, -0.2) is 18.6 Å². The van der Waals surface area contributed by atoms with E-state index in [1.54, 1.807) is 13.8 Å². The normalized spacial score (nSPS) is 11.4. The van der Waals surface area contributed by atoms with Crippen molar-refractivity contribution in [1.29, 1.82) is 5.26 Å². The number of halogens is 1. The van der Waals surface area contributed by atoms with E-state index >= 15 is 0 Å². The molecule has 1 aromatic carbocycles. The summed E-state index contributed by atoms with van der Waals surface area (Å²) < 4.78 is 18.5. The van der Waals surface area contributed by atoms with E-state index < -0.39 is 17.8 Å². The molecule has 1 rings (SSSR count). The van der Waals surface area contributed by atoms with Gasteiger partial charge < -0.3 is 10.1 Å². The van der Waals surface area contributed by atoms with Crippen molar-refractivity contribution in [2.24, 2.45) is 0 Å². The molecule has 1 N–H and O–H groups in total. The largest absolute Gasteiger partial charge is 0.464 e. The molecule has 1 unspecified atom stereocenters. The molecule has 5 heteroatoms. The zero-order valence-electron chi connectivity index (χ0n) is 10.4. The predicted molar refractivity (Wildman–Crippen MR) is 65.4 cm³/mol. The minimum Gasteiger partial charge on any atom is -0.464 e. The molecule has 0 saturated heterocycles. The van der Waals surface area contributed by atoms with Crippen LogP contribution < -0.4 is 5.32 Å². The lowest BCUT2D eigenvalue weighted by molar-refractivity contribution is -0.144. The van der Waals surface area contributed by atoms with Crippen LogP contribution in [0.25, 0.3) is 0 Å². The van der Waals surface area contributed by atoms with Crippen LogP contribution in [0, 0.1) is 17.1 Å². The highest BCUT2D eigenvalue weighted by Crippen LogP contribution is 2.17. The maximum absolute atomic E-state index is 13.6. The number of anilines is 1. The van der Waals surface area contributed by atoms with Crippen LogP contribution in [0.1, 0.15) is 25.8 Å². The van der Waals surface area contributed by atoms with Gasteiger partial charge in [0.2, 0.25) is 0 Å². The van der Waals surface area contributed by atoms with Gasteiger partial charge in [-0.25, -0.2) is 9.18 Å². The van der Waals surface area contributed by atoms with E-state index in [0.29, 0.717) is 6.42 Å². The van der Waals surface area contributed by atoms with E-state index in [4.69, 9.17) is 10.00 Å². The highest BCUT2D eigenvalue weighted by molar-refractivity contribution is 5.79. The molecule has 1 atom stereocenters. The molecule has 0 fully saturated rings. The molecule has 96 valence electrons. The van der Waals surface area contributed by atoms with E-state index in [9.17, 15) is 9.18 Å². The summed E-state index contributed by atoms with van der Waals surface area (Å²) in [5, 5.41) is 11.4. The standard InChI is InChI=1S/C13H15FN2O2/c1-3-11(13(17)18-4-2)16-12-6-5-9(8-15)7-10(12)14/h5-7,11,16H,3-4H2,1-2H3. The Bertz CT molecular complexity index is 469. The van der Waals surface area contributed by atoms with Gasteiger partial charge in [0.05, 0.1) is 23.9 Å². The second-order valence-corrected chi connectivity index (χ2v) is 3.66. The summed E-state index contributed by atoms with van der Waals surface area (Å²) in [4.78, 5) is 11.6. The Hall–Kier alpha value is -2.09. The maximum Gasteiger partial charge on any atom is 0.328 e. The highest BCUT2D eigenvalue weighted by Gasteiger charge is 2.18. The van der Waals surface area contributed by atoms with Gasteiger partial charge in [0.1, 0.15) is 11.9 Å². The van der Waals surface area contributed by atoms with Gasteiger partial charge in [-0.3, -0.25) is 0 Å². The van der Waals surface area contributed by atoms with E-state index in [-0.39, 0.29) is 17.9 Å².